The van der Waals surface area contributed by atoms with E-state index >= 15 is 0 Å². The smallest absolute Gasteiger partial charge is 0.00480 e. The number of nitrogens with zero attached hydrogens (tertiary/aromatic N) is 1. The van der Waals surface area contributed by atoms with Crippen molar-refractivity contribution >= 4 is 11.3 Å². The maximum Gasteiger partial charge on any atom is 0.00480 e. The van der Waals surface area contributed by atoms with Crippen molar-refractivity contribution < 1.29 is 0 Å². The summed E-state index contributed by atoms with van der Waals surface area (Å²) in [6, 6.07) is 2.34. The molecule has 1 atom stereocenters. The molecule has 1 aromatic heterocycles. The number of thiophene rings is 1. The van der Waals surface area contributed by atoms with Crippen LogP contribution in [-0.2, 0) is 0 Å². The fourth-order valence-corrected chi connectivity index (χ4v) is 2.67. The third-order valence-corrected chi connectivity index (χ3v) is 3.49. The molecule has 0 amide bonds. The monoisotopic (exact) mass is 181 g/mol. The van der Waals surface area contributed by atoms with Gasteiger partial charge in [-0.1, -0.05) is 0 Å². The Morgan fingerprint density at radius 3 is 2.92 bits per heavy atom. The van der Waals surface area contributed by atoms with Crippen LogP contribution in [0.5, 0.6) is 0 Å². The van der Waals surface area contributed by atoms with Crippen molar-refractivity contribution in [3.63, 3.8) is 0 Å². The molecular weight excluding hydrogens is 166 g/mol. The third kappa shape index (κ3) is 1.54. The summed E-state index contributed by atoms with van der Waals surface area (Å²) in [4.78, 5) is 3.86. The van der Waals surface area contributed by atoms with Gasteiger partial charge in [0.15, 0.2) is 0 Å². The Morgan fingerprint density at radius 2 is 2.42 bits per heavy atom. The van der Waals surface area contributed by atoms with Gasteiger partial charge in [-0.2, -0.15) is 0 Å². The second-order valence-corrected chi connectivity index (χ2v) is 4.85. The summed E-state index contributed by atoms with van der Waals surface area (Å²) in [5.74, 6) is 0.806. The molecule has 12 heavy (non-hydrogen) atoms. The van der Waals surface area contributed by atoms with Crippen LogP contribution in [0.2, 0.25) is 0 Å². The van der Waals surface area contributed by atoms with Crippen LogP contribution < -0.4 is 0 Å². The van der Waals surface area contributed by atoms with Gasteiger partial charge in [0.1, 0.15) is 0 Å². The molecule has 2 heteroatoms. The van der Waals surface area contributed by atoms with E-state index in [1.54, 1.807) is 5.56 Å². The Morgan fingerprint density at radius 1 is 1.58 bits per heavy atom. The number of likely N-dealkylation sites (N-methyl/N-ethyl adjacent to an activating group) is 1. The standard InChI is InChI=1S/C10H15NS/c1-8-5-10(7-12-8)9-3-4-11(2)6-9/h5,7,9H,3-4,6H2,1-2H3. The highest BCUT2D eigenvalue weighted by atomic mass is 32.1. The lowest BCUT2D eigenvalue weighted by Gasteiger charge is -2.07. The molecule has 0 aliphatic carbocycles. The first-order valence-corrected chi connectivity index (χ1v) is 5.37. The van der Waals surface area contributed by atoms with Crippen LogP contribution >= 0.6 is 11.3 Å². The van der Waals surface area contributed by atoms with Crippen molar-refractivity contribution in [2.24, 2.45) is 0 Å². The molecule has 1 aromatic rings. The number of hydrogen-bond donors (Lipinski definition) is 0. The molecule has 1 saturated heterocycles. The maximum absolute atomic E-state index is 2.41. The summed E-state index contributed by atoms with van der Waals surface area (Å²) in [7, 11) is 2.21. The molecule has 1 unspecified atom stereocenters. The maximum atomic E-state index is 2.41. The lowest BCUT2D eigenvalue weighted by Crippen LogP contribution is -2.13. The van der Waals surface area contributed by atoms with E-state index in [4.69, 9.17) is 0 Å². The first-order chi connectivity index (χ1) is 5.75. The van der Waals surface area contributed by atoms with Crippen LogP contribution in [0.3, 0.4) is 0 Å². The lowest BCUT2D eigenvalue weighted by molar-refractivity contribution is 0.411. The number of hydrogen-bond acceptors (Lipinski definition) is 2. The summed E-state index contributed by atoms with van der Waals surface area (Å²) in [5.41, 5.74) is 1.56. The van der Waals surface area contributed by atoms with Gasteiger partial charge in [0.2, 0.25) is 0 Å². The Kier molecular flexibility index (Phi) is 2.20. The van der Waals surface area contributed by atoms with E-state index in [9.17, 15) is 0 Å². The molecule has 0 spiro atoms. The Labute approximate surface area is 78.0 Å². The van der Waals surface area contributed by atoms with E-state index in [1.165, 1.54) is 24.4 Å². The van der Waals surface area contributed by atoms with E-state index in [-0.39, 0.29) is 0 Å². The van der Waals surface area contributed by atoms with Gasteiger partial charge in [0.25, 0.3) is 0 Å². The number of likely N-dealkylation sites (tertiary alicyclic amines) is 1. The molecule has 1 aliphatic heterocycles. The van der Waals surface area contributed by atoms with Gasteiger partial charge in [-0.05, 0) is 49.9 Å². The molecule has 0 aromatic carbocycles. The van der Waals surface area contributed by atoms with Gasteiger partial charge in [-0.25, -0.2) is 0 Å². The predicted molar refractivity (Wildman–Crippen MR) is 53.9 cm³/mol. The minimum Gasteiger partial charge on any atom is -0.306 e. The fraction of sp³-hybridized carbons (Fsp3) is 0.600. The van der Waals surface area contributed by atoms with E-state index in [0.29, 0.717) is 0 Å². The number of aryl methyl sites for hydroxylation is 1. The minimum atomic E-state index is 0.806. The molecule has 1 aliphatic rings. The zero-order valence-corrected chi connectivity index (χ0v) is 8.53. The summed E-state index contributed by atoms with van der Waals surface area (Å²) in [5, 5.41) is 2.32. The zero-order chi connectivity index (χ0) is 8.55. The van der Waals surface area contributed by atoms with Crippen LogP contribution in [0.4, 0.5) is 0 Å². The third-order valence-electron chi connectivity index (χ3n) is 2.61. The predicted octanol–water partition coefficient (Wildman–Crippen LogP) is 2.48. The molecule has 66 valence electrons. The highest BCUT2D eigenvalue weighted by Gasteiger charge is 2.21. The zero-order valence-electron chi connectivity index (χ0n) is 7.71. The van der Waals surface area contributed by atoms with Crippen molar-refractivity contribution in [3.8, 4) is 0 Å². The molecule has 0 radical (unpaired) electrons. The van der Waals surface area contributed by atoms with Crippen molar-refractivity contribution in [1.82, 2.24) is 4.90 Å². The second-order valence-electron chi connectivity index (χ2n) is 3.74. The highest BCUT2D eigenvalue weighted by molar-refractivity contribution is 7.10. The largest absolute Gasteiger partial charge is 0.306 e. The van der Waals surface area contributed by atoms with Crippen LogP contribution in [0.1, 0.15) is 22.8 Å². The molecule has 2 rings (SSSR count). The van der Waals surface area contributed by atoms with Crippen LogP contribution in [-0.4, -0.2) is 25.0 Å². The molecule has 1 nitrogen and oxygen atoms in total. The Balaban J connectivity index is 2.11. The van der Waals surface area contributed by atoms with E-state index in [2.05, 4.69) is 30.3 Å². The van der Waals surface area contributed by atoms with E-state index in [1.807, 2.05) is 11.3 Å². The van der Waals surface area contributed by atoms with Crippen LogP contribution in [0.25, 0.3) is 0 Å². The normalized spacial score (nSPS) is 25.0. The van der Waals surface area contributed by atoms with Crippen LogP contribution in [0, 0.1) is 6.92 Å². The van der Waals surface area contributed by atoms with Gasteiger partial charge in [0.05, 0.1) is 0 Å². The van der Waals surface area contributed by atoms with E-state index < -0.39 is 0 Å². The van der Waals surface area contributed by atoms with E-state index in [0.717, 1.165) is 5.92 Å². The topological polar surface area (TPSA) is 3.24 Å². The van der Waals surface area contributed by atoms with Crippen molar-refractivity contribution in [2.45, 2.75) is 19.3 Å². The summed E-state index contributed by atoms with van der Waals surface area (Å²) >= 11 is 1.87. The van der Waals surface area contributed by atoms with Crippen molar-refractivity contribution in [1.29, 1.82) is 0 Å². The molecule has 2 heterocycles. The average molecular weight is 181 g/mol. The van der Waals surface area contributed by atoms with Gasteiger partial charge in [0, 0.05) is 11.4 Å². The lowest BCUT2D eigenvalue weighted by atomic mass is 10.0. The van der Waals surface area contributed by atoms with Gasteiger partial charge in [-0.3, -0.25) is 0 Å². The minimum absolute atomic E-state index is 0.806. The summed E-state index contributed by atoms with van der Waals surface area (Å²) < 4.78 is 0. The fourth-order valence-electron chi connectivity index (χ4n) is 1.88. The second kappa shape index (κ2) is 3.19. The molecule has 0 saturated carbocycles. The first kappa shape index (κ1) is 8.27. The summed E-state index contributed by atoms with van der Waals surface area (Å²) in [6.45, 7) is 4.70. The Hall–Kier alpha value is -0.340. The SMILES string of the molecule is Cc1cc(C2CCN(C)C2)cs1. The molecular formula is C10H15NS. The molecule has 1 fully saturated rings. The quantitative estimate of drug-likeness (QED) is 0.643. The Bertz CT molecular complexity index is 267. The van der Waals surface area contributed by atoms with Gasteiger partial charge >= 0.3 is 0 Å². The van der Waals surface area contributed by atoms with Gasteiger partial charge in [-0.15, -0.1) is 11.3 Å². The van der Waals surface area contributed by atoms with Gasteiger partial charge < -0.3 is 4.90 Å². The molecule has 0 bridgehead atoms. The highest BCUT2D eigenvalue weighted by Crippen LogP contribution is 2.29. The number of rotatable bonds is 1. The summed E-state index contributed by atoms with van der Waals surface area (Å²) in [6.07, 6.45) is 1.34. The first-order valence-electron chi connectivity index (χ1n) is 4.49. The molecule has 0 N–H and O–H groups in total. The average Bonchev–Trinajstić information content (AvgIpc) is 2.58. The van der Waals surface area contributed by atoms with Crippen molar-refractivity contribution in [2.75, 3.05) is 20.1 Å². The van der Waals surface area contributed by atoms with Crippen molar-refractivity contribution in [3.05, 3.63) is 21.9 Å². The van der Waals surface area contributed by atoms with Crippen LogP contribution in [0.15, 0.2) is 11.4 Å².